The van der Waals surface area contributed by atoms with Crippen LogP contribution in [0.2, 0.25) is 0 Å². The van der Waals surface area contributed by atoms with Crippen LogP contribution in [0.5, 0.6) is 0 Å². The summed E-state index contributed by atoms with van der Waals surface area (Å²) in [5, 5.41) is 7.37. The third kappa shape index (κ3) is 5.09. The Morgan fingerprint density at radius 1 is 1.33 bits per heavy atom. The molecule has 1 aromatic rings. The van der Waals surface area contributed by atoms with E-state index in [9.17, 15) is 8.42 Å². The second-order valence-electron chi connectivity index (χ2n) is 5.67. The molecule has 0 aliphatic heterocycles. The van der Waals surface area contributed by atoms with Gasteiger partial charge in [-0.05, 0) is 25.3 Å². The van der Waals surface area contributed by atoms with Crippen molar-refractivity contribution in [1.29, 1.82) is 0 Å². The molecule has 21 heavy (non-hydrogen) atoms. The summed E-state index contributed by atoms with van der Waals surface area (Å²) in [6, 6.07) is 0. The maximum atomic E-state index is 12.1. The molecular formula is C14H26N4O2S. The summed E-state index contributed by atoms with van der Waals surface area (Å²) < 4.78 is 28.6. The summed E-state index contributed by atoms with van der Waals surface area (Å²) in [7, 11) is -3.41. The van der Waals surface area contributed by atoms with Crippen molar-refractivity contribution in [2.24, 2.45) is 5.92 Å². The maximum absolute atomic E-state index is 12.1. The summed E-state index contributed by atoms with van der Waals surface area (Å²) in [4.78, 5) is 0.256. The lowest BCUT2D eigenvalue weighted by Gasteiger charge is -2.24. The molecule has 0 saturated heterocycles. The van der Waals surface area contributed by atoms with Crippen LogP contribution in [-0.4, -0.2) is 37.8 Å². The van der Waals surface area contributed by atoms with Gasteiger partial charge in [0.15, 0.2) is 0 Å². The van der Waals surface area contributed by atoms with Crippen molar-refractivity contribution in [1.82, 2.24) is 19.8 Å². The quantitative estimate of drug-likeness (QED) is 0.639. The van der Waals surface area contributed by atoms with Crippen LogP contribution < -0.4 is 10.0 Å². The first-order valence-corrected chi connectivity index (χ1v) is 9.33. The minimum atomic E-state index is -3.41. The normalized spacial score (nSPS) is 16.0. The van der Waals surface area contributed by atoms with Gasteiger partial charge in [-0.1, -0.05) is 26.2 Å². The first kappa shape index (κ1) is 16.5. The molecule has 1 aromatic heterocycles. The Balaban J connectivity index is 1.77. The zero-order chi connectivity index (χ0) is 15.1. The van der Waals surface area contributed by atoms with Crippen LogP contribution >= 0.6 is 0 Å². The second-order valence-corrected chi connectivity index (χ2v) is 7.44. The van der Waals surface area contributed by atoms with Gasteiger partial charge in [0.25, 0.3) is 0 Å². The Morgan fingerprint density at radius 3 is 2.81 bits per heavy atom. The summed E-state index contributed by atoms with van der Waals surface area (Å²) >= 11 is 0. The summed E-state index contributed by atoms with van der Waals surface area (Å²) in [5.41, 5.74) is 0. The predicted molar refractivity (Wildman–Crippen MR) is 82.5 cm³/mol. The van der Waals surface area contributed by atoms with Gasteiger partial charge in [0.1, 0.15) is 4.90 Å². The molecule has 120 valence electrons. The Morgan fingerprint density at radius 2 is 2.14 bits per heavy atom. The van der Waals surface area contributed by atoms with Crippen molar-refractivity contribution in [2.45, 2.75) is 50.5 Å². The average molecular weight is 314 g/mol. The van der Waals surface area contributed by atoms with Gasteiger partial charge in [-0.25, -0.2) is 13.1 Å². The molecule has 1 saturated carbocycles. The van der Waals surface area contributed by atoms with Gasteiger partial charge in [-0.15, -0.1) is 0 Å². The molecule has 7 heteroatoms. The Labute approximate surface area is 127 Å². The van der Waals surface area contributed by atoms with E-state index in [1.807, 2.05) is 0 Å². The van der Waals surface area contributed by atoms with E-state index in [0.29, 0.717) is 19.0 Å². The molecule has 0 radical (unpaired) electrons. The summed E-state index contributed by atoms with van der Waals surface area (Å²) in [5.74, 6) is 0.708. The fraction of sp³-hybridized carbons (Fsp3) is 0.786. The fourth-order valence-corrected chi connectivity index (χ4v) is 3.36. The highest BCUT2D eigenvalue weighted by atomic mass is 32.2. The van der Waals surface area contributed by atoms with Crippen LogP contribution in [-0.2, 0) is 16.6 Å². The standard InChI is InChI=1S/C14H26N4O2S/c1-2-7-15-9-10-18-12-14(11-16-18)21(19,20)17-8-6-13-4-3-5-13/h11-13,15,17H,2-10H2,1H3. The third-order valence-electron chi connectivity index (χ3n) is 3.93. The van der Waals surface area contributed by atoms with Crippen LogP contribution in [0.4, 0.5) is 0 Å². The van der Waals surface area contributed by atoms with E-state index in [1.54, 1.807) is 10.9 Å². The third-order valence-corrected chi connectivity index (χ3v) is 5.35. The van der Waals surface area contributed by atoms with Gasteiger partial charge in [-0.2, -0.15) is 5.10 Å². The van der Waals surface area contributed by atoms with Gasteiger partial charge >= 0.3 is 0 Å². The van der Waals surface area contributed by atoms with Gasteiger partial charge in [0.2, 0.25) is 10.0 Å². The van der Waals surface area contributed by atoms with Crippen molar-refractivity contribution in [2.75, 3.05) is 19.6 Å². The molecule has 0 bridgehead atoms. The molecule has 0 amide bonds. The number of aromatic nitrogens is 2. The highest BCUT2D eigenvalue weighted by Gasteiger charge is 2.20. The summed E-state index contributed by atoms with van der Waals surface area (Å²) in [6.07, 6.45) is 8.81. The van der Waals surface area contributed by atoms with E-state index in [2.05, 4.69) is 22.1 Å². The highest BCUT2D eigenvalue weighted by molar-refractivity contribution is 7.89. The first-order valence-electron chi connectivity index (χ1n) is 7.84. The lowest BCUT2D eigenvalue weighted by molar-refractivity contribution is 0.297. The second kappa shape index (κ2) is 7.91. The molecule has 1 fully saturated rings. The van der Waals surface area contributed by atoms with Crippen LogP contribution in [0.3, 0.4) is 0 Å². The topological polar surface area (TPSA) is 76.0 Å². The van der Waals surface area contributed by atoms with Crippen molar-refractivity contribution in [3.63, 3.8) is 0 Å². The van der Waals surface area contributed by atoms with E-state index in [4.69, 9.17) is 0 Å². The van der Waals surface area contributed by atoms with E-state index in [0.717, 1.165) is 25.9 Å². The van der Waals surface area contributed by atoms with E-state index >= 15 is 0 Å². The highest BCUT2D eigenvalue weighted by Crippen LogP contribution is 2.28. The molecule has 1 aliphatic rings. The van der Waals surface area contributed by atoms with Gasteiger partial charge in [-0.3, -0.25) is 4.68 Å². The Bertz CT molecular complexity index is 523. The SMILES string of the molecule is CCCNCCn1cc(S(=O)(=O)NCCC2CCC2)cn1. The van der Waals surface area contributed by atoms with Crippen LogP contribution in [0.1, 0.15) is 39.0 Å². The number of hydrogen-bond donors (Lipinski definition) is 2. The number of nitrogens with zero attached hydrogens (tertiary/aromatic N) is 2. The fourth-order valence-electron chi connectivity index (χ4n) is 2.36. The number of sulfonamides is 1. The number of rotatable bonds is 10. The first-order chi connectivity index (χ1) is 10.1. The molecule has 1 heterocycles. The Hall–Kier alpha value is -0.920. The minimum Gasteiger partial charge on any atom is -0.315 e. The van der Waals surface area contributed by atoms with Gasteiger partial charge in [0.05, 0.1) is 12.7 Å². The lowest BCUT2D eigenvalue weighted by Crippen LogP contribution is -2.27. The minimum absolute atomic E-state index is 0.256. The monoisotopic (exact) mass is 314 g/mol. The molecule has 0 atom stereocenters. The van der Waals surface area contributed by atoms with Gasteiger partial charge < -0.3 is 5.32 Å². The average Bonchev–Trinajstić information content (AvgIpc) is 2.87. The van der Waals surface area contributed by atoms with Crippen molar-refractivity contribution in [3.05, 3.63) is 12.4 Å². The molecular weight excluding hydrogens is 288 g/mol. The summed E-state index contributed by atoms with van der Waals surface area (Å²) in [6.45, 7) is 5.08. The van der Waals surface area contributed by atoms with E-state index in [-0.39, 0.29) is 4.90 Å². The van der Waals surface area contributed by atoms with Crippen LogP contribution in [0.15, 0.2) is 17.3 Å². The molecule has 6 nitrogen and oxygen atoms in total. The van der Waals surface area contributed by atoms with E-state index in [1.165, 1.54) is 25.5 Å². The van der Waals surface area contributed by atoms with Crippen molar-refractivity contribution < 1.29 is 8.42 Å². The number of hydrogen-bond acceptors (Lipinski definition) is 4. The molecule has 0 unspecified atom stereocenters. The predicted octanol–water partition coefficient (Wildman–Crippen LogP) is 1.35. The molecule has 0 spiro atoms. The van der Waals surface area contributed by atoms with Crippen LogP contribution in [0.25, 0.3) is 0 Å². The molecule has 2 rings (SSSR count). The molecule has 2 N–H and O–H groups in total. The number of nitrogens with one attached hydrogen (secondary N) is 2. The van der Waals surface area contributed by atoms with E-state index < -0.39 is 10.0 Å². The lowest BCUT2D eigenvalue weighted by atomic mass is 9.83. The van der Waals surface area contributed by atoms with Crippen molar-refractivity contribution >= 4 is 10.0 Å². The largest absolute Gasteiger partial charge is 0.315 e. The molecule has 1 aliphatic carbocycles. The zero-order valence-corrected chi connectivity index (χ0v) is 13.5. The van der Waals surface area contributed by atoms with Gasteiger partial charge in [0, 0.05) is 19.3 Å². The van der Waals surface area contributed by atoms with Crippen LogP contribution in [0, 0.1) is 5.92 Å². The maximum Gasteiger partial charge on any atom is 0.243 e. The smallest absolute Gasteiger partial charge is 0.243 e. The van der Waals surface area contributed by atoms with Crippen molar-refractivity contribution in [3.8, 4) is 0 Å². The molecule has 0 aromatic carbocycles. The Kier molecular flexibility index (Phi) is 6.20. The zero-order valence-electron chi connectivity index (χ0n) is 12.7.